The van der Waals surface area contributed by atoms with Crippen molar-refractivity contribution >= 4 is 10.0 Å². The third kappa shape index (κ3) is 3.63. The van der Waals surface area contributed by atoms with Crippen molar-refractivity contribution in [2.24, 2.45) is 0 Å². The quantitative estimate of drug-likeness (QED) is 0.801. The van der Waals surface area contributed by atoms with Gasteiger partial charge >= 0.3 is 0 Å². The first kappa shape index (κ1) is 16.0. The van der Waals surface area contributed by atoms with Gasteiger partial charge in [-0.1, -0.05) is 17.9 Å². The average molecular weight is 308 g/mol. The number of hydrogen-bond donors (Lipinski definition) is 1. The zero-order valence-corrected chi connectivity index (χ0v) is 13.1. The van der Waals surface area contributed by atoms with Gasteiger partial charge in [0.1, 0.15) is 6.61 Å². The van der Waals surface area contributed by atoms with Crippen molar-refractivity contribution in [2.75, 3.05) is 33.3 Å². The Hall–Kier alpha value is -1.39. The summed E-state index contributed by atoms with van der Waals surface area (Å²) in [4.78, 5) is 2.40. The van der Waals surface area contributed by atoms with Gasteiger partial charge in [0, 0.05) is 31.2 Å². The fourth-order valence-electron chi connectivity index (χ4n) is 2.26. The molecule has 6 heteroatoms. The molecule has 1 aromatic carbocycles. The van der Waals surface area contributed by atoms with Crippen molar-refractivity contribution in [2.45, 2.75) is 17.9 Å². The Morgan fingerprint density at radius 1 is 1.38 bits per heavy atom. The first-order valence-electron chi connectivity index (χ1n) is 6.85. The minimum Gasteiger partial charge on any atom is -0.384 e. The zero-order valence-electron chi connectivity index (χ0n) is 12.3. The molecule has 0 aromatic heterocycles. The Kier molecular flexibility index (Phi) is 5.01. The highest BCUT2D eigenvalue weighted by Crippen LogP contribution is 2.20. The minimum absolute atomic E-state index is 0.200. The van der Waals surface area contributed by atoms with E-state index in [2.05, 4.69) is 16.7 Å². The number of aliphatic hydroxyl groups excluding tert-OH is 1. The van der Waals surface area contributed by atoms with Crippen molar-refractivity contribution in [3.63, 3.8) is 0 Å². The van der Waals surface area contributed by atoms with Crippen molar-refractivity contribution in [3.8, 4) is 11.8 Å². The highest BCUT2D eigenvalue weighted by Gasteiger charge is 2.30. The van der Waals surface area contributed by atoms with Gasteiger partial charge in [-0.2, -0.15) is 4.31 Å². The zero-order chi connectivity index (χ0) is 15.5. The molecule has 0 aliphatic carbocycles. The summed E-state index contributed by atoms with van der Waals surface area (Å²) in [5, 5.41) is 8.71. The molecule has 1 unspecified atom stereocenters. The molecule has 1 saturated heterocycles. The maximum absolute atomic E-state index is 12.7. The molecule has 0 bridgehead atoms. The fourth-order valence-corrected chi connectivity index (χ4v) is 3.82. The van der Waals surface area contributed by atoms with E-state index in [1.54, 1.807) is 24.3 Å². The molecular weight excluding hydrogens is 288 g/mol. The lowest BCUT2D eigenvalue weighted by Gasteiger charge is -2.36. The van der Waals surface area contributed by atoms with E-state index in [1.807, 2.05) is 14.0 Å². The Balaban J connectivity index is 2.27. The molecular formula is C15H20N2O3S. The van der Waals surface area contributed by atoms with Gasteiger partial charge in [-0.25, -0.2) is 8.42 Å². The predicted molar refractivity (Wildman–Crippen MR) is 81.3 cm³/mol. The van der Waals surface area contributed by atoms with Gasteiger partial charge in [-0.3, -0.25) is 0 Å². The molecule has 2 rings (SSSR count). The molecule has 0 amide bonds. The van der Waals surface area contributed by atoms with Crippen molar-refractivity contribution in [3.05, 3.63) is 29.8 Å². The number of piperazine rings is 1. The standard InChI is InChI=1S/C15H20N2O3S/c1-13-12-17(9-8-16(13)2)21(19,20)15-7-3-5-14(11-15)6-4-10-18/h3,5,7,11,13,18H,8-10,12H2,1-2H3. The molecule has 0 spiro atoms. The van der Waals surface area contributed by atoms with Crippen LogP contribution in [0.4, 0.5) is 0 Å². The van der Waals surface area contributed by atoms with Gasteiger partial charge in [-0.15, -0.1) is 0 Å². The number of likely N-dealkylation sites (N-methyl/N-ethyl adjacent to an activating group) is 1. The lowest BCUT2D eigenvalue weighted by molar-refractivity contribution is 0.159. The van der Waals surface area contributed by atoms with Gasteiger partial charge in [-0.05, 0) is 32.2 Å². The molecule has 0 radical (unpaired) electrons. The second-order valence-electron chi connectivity index (χ2n) is 5.18. The molecule has 114 valence electrons. The van der Waals surface area contributed by atoms with Gasteiger partial charge in [0.05, 0.1) is 4.90 Å². The fraction of sp³-hybridized carbons (Fsp3) is 0.467. The van der Waals surface area contributed by atoms with Crippen LogP contribution >= 0.6 is 0 Å². The summed E-state index contributed by atoms with van der Waals surface area (Å²) in [5.74, 6) is 5.26. The molecule has 1 aliphatic rings. The highest BCUT2D eigenvalue weighted by molar-refractivity contribution is 7.89. The van der Waals surface area contributed by atoms with E-state index >= 15 is 0 Å². The first-order chi connectivity index (χ1) is 9.95. The Labute approximate surface area is 126 Å². The summed E-state index contributed by atoms with van der Waals surface area (Å²) in [5.41, 5.74) is 0.590. The van der Waals surface area contributed by atoms with Crippen LogP contribution in [0.1, 0.15) is 12.5 Å². The minimum atomic E-state index is -3.49. The Morgan fingerprint density at radius 2 is 2.14 bits per heavy atom. The van der Waals surface area contributed by atoms with Crippen LogP contribution < -0.4 is 0 Å². The van der Waals surface area contributed by atoms with E-state index in [1.165, 1.54) is 4.31 Å². The van der Waals surface area contributed by atoms with E-state index in [0.29, 0.717) is 18.7 Å². The van der Waals surface area contributed by atoms with Crippen molar-refractivity contribution in [1.82, 2.24) is 9.21 Å². The van der Waals surface area contributed by atoms with Crippen LogP contribution in [0, 0.1) is 11.8 Å². The van der Waals surface area contributed by atoms with Crippen LogP contribution in [0.5, 0.6) is 0 Å². The van der Waals surface area contributed by atoms with E-state index in [-0.39, 0.29) is 17.5 Å². The monoisotopic (exact) mass is 308 g/mol. The van der Waals surface area contributed by atoms with E-state index in [0.717, 1.165) is 6.54 Å². The van der Waals surface area contributed by atoms with Crippen molar-refractivity contribution in [1.29, 1.82) is 0 Å². The number of hydrogen-bond acceptors (Lipinski definition) is 4. The van der Waals surface area contributed by atoms with Crippen LogP contribution in [0.3, 0.4) is 0 Å². The third-order valence-corrected chi connectivity index (χ3v) is 5.57. The van der Waals surface area contributed by atoms with Crippen LogP contribution in [-0.2, 0) is 10.0 Å². The predicted octanol–water partition coefficient (Wildman–Crippen LogP) is 0.355. The smallest absolute Gasteiger partial charge is 0.243 e. The summed E-state index contributed by atoms with van der Waals surface area (Å²) in [6.07, 6.45) is 0. The number of benzene rings is 1. The maximum atomic E-state index is 12.7. The molecule has 5 nitrogen and oxygen atoms in total. The number of rotatable bonds is 2. The number of aliphatic hydroxyl groups is 1. The van der Waals surface area contributed by atoms with Gasteiger partial charge in [0.2, 0.25) is 10.0 Å². The van der Waals surface area contributed by atoms with E-state index in [4.69, 9.17) is 5.11 Å². The molecule has 21 heavy (non-hydrogen) atoms. The topological polar surface area (TPSA) is 60.9 Å². The van der Waals surface area contributed by atoms with E-state index in [9.17, 15) is 8.42 Å². The van der Waals surface area contributed by atoms with Crippen LogP contribution in [0.15, 0.2) is 29.2 Å². The Morgan fingerprint density at radius 3 is 2.81 bits per heavy atom. The highest BCUT2D eigenvalue weighted by atomic mass is 32.2. The first-order valence-corrected chi connectivity index (χ1v) is 8.29. The number of sulfonamides is 1. The normalized spacial score (nSPS) is 20.8. The molecule has 1 aliphatic heterocycles. The van der Waals surface area contributed by atoms with Crippen LogP contribution in [-0.4, -0.2) is 62.1 Å². The summed E-state index contributed by atoms with van der Waals surface area (Å²) >= 11 is 0. The molecule has 1 N–H and O–H groups in total. The summed E-state index contributed by atoms with van der Waals surface area (Å²) in [7, 11) is -1.49. The van der Waals surface area contributed by atoms with Gasteiger partial charge < -0.3 is 10.0 Å². The molecule has 1 atom stereocenters. The molecule has 1 fully saturated rings. The second-order valence-corrected chi connectivity index (χ2v) is 7.12. The maximum Gasteiger partial charge on any atom is 0.243 e. The lowest BCUT2D eigenvalue weighted by atomic mass is 10.2. The van der Waals surface area contributed by atoms with Crippen LogP contribution in [0.2, 0.25) is 0 Å². The SMILES string of the molecule is CC1CN(S(=O)(=O)c2cccc(C#CCO)c2)CCN1C. The largest absolute Gasteiger partial charge is 0.384 e. The molecule has 0 saturated carbocycles. The van der Waals surface area contributed by atoms with E-state index < -0.39 is 10.0 Å². The summed E-state index contributed by atoms with van der Waals surface area (Å²) < 4.78 is 26.9. The van der Waals surface area contributed by atoms with Crippen molar-refractivity contribution < 1.29 is 13.5 Å². The van der Waals surface area contributed by atoms with Gasteiger partial charge in [0.25, 0.3) is 0 Å². The number of nitrogens with zero attached hydrogens (tertiary/aromatic N) is 2. The lowest BCUT2D eigenvalue weighted by Crippen LogP contribution is -2.51. The van der Waals surface area contributed by atoms with Gasteiger partial charge in [0.15, 0.2) is 0 Å². The third-order valence-electron chi connectivity index (χ3n) is 3.71. The molecule has 1 heterocycles. The second kappa shape index (κ2) is 6.58. The van der Waals surface area contributed by atoms with Crippen LogP contribution in [0.25, 0.3) is 0 Å². The average Bonchev–Trinajstić information content (AvgIpc) is 2.48. The summed E-state index contributed by atoms with van der Waals surface area (Å²) in [6, 6.07) is 6.75. The summed E-state index contributed by atoms with van der Waals surface area (Å²) in [6.45, 7) is 3.49. The Bertz CT molecular complexity index is 661. The molecule has 1 aromatic rings.